The van der Waals surface area contributed by atoms with Gasteiger partial charge in [0.2, 0.25) is 5.91 Å². The van der Waals surface area contributed by atoms with Gasteiger partial charge in [0.05, 0.1) is 5.54 Å². The van der Waals surface area contributed by atoms with E-state index < -0.39 is 5.54 Å². The van der Waals surface area contributed by atoms with E-state index in [1.165, 1.54) is 0 Å². The van der Waals surface area contributed by atoms with Crippen LogP contribution in [0.1, 0.15) is 47.5 Å². The van der Waals surface area contributed by atoms with Crippen LogP contribution in [0.3, 0.4) is 0 Å². The Morgan fingerprint density at radius 1 is 1.11 bits per heavy atom. The monoisotopic (exact) mass is 255 g/mol. The van der Waals surface area contributed by atoms with E-state index in [0.29, 0.717) is 6.04 Å². The van der Waals surface area contributed by atoms with Crippen LogP contribution in [0.2, 0.25) is 0 Å². The van der Waals surface area contributed by atoms with Crippen LogP contribution in [0.5, 0.6) is 0 Å². The Balaban J connectivity index is 2.43. The molecule has 0 aliphatic carbocycles. The van der Waals surface area contributed by atoms with Crippen molar-refractivity contribution in [2.75, 3.05) is 20.1 Å². The van der Waals surface area contributed by atoms with E-state index in [-0.39, 0.29) is 11.4 Å². The summed E-state index contributed by atoms with van der Waals surface area (Å²) in [5.41, 5.74) is -0.250. The van der Waals surface area contributed by atoms with Crippen LogP contribution < -0.4 is 10.6 Å². The predicted octanol–water partition coefficient (Wildman–Crippen LogP) is 1.36. The van der Waals surface area contributed by atoms with Gasteiger partial charge in [0, 0.05) is 24.7 Å². The molecule has 0 unspecified atom stereocenters. The van der Waals surface area contributed by atoms with Gasteiger partial charge >= 0.3 is 0 Å². The lowest BCUT2D eigenvalue weighted by Crippen LogP contribution is -2.56. The number of amides is 1. The first-order valence-corrected chi connectivity index (χ1v) is 6.92. The summed E-state index contributed by atoms with van der Waals surface area (Å²) in [4.78, 5) is 14.5. The summed E-state index contributed by atoms with van der Waals surface area (Å²) in [5.74, 6) is 0.0965. The fraction of sp³-hybridized carbons (Fsp3) is 0.929. The van der Waals surface area contributed by atoms with E-state index in [2.05, 4.69) is 36.3 Å². The van der Waals surface area contributed by atoms with Crippen molar-refractivity contribution in [1.29, 1.82) is 0 Å². The average Bonchev–Trinajstić information content (AvgIpc) is 2.28. The lowest BCUT2D eigenvalue weighted by Gasteiger charge is -2.41. The van der Waals surface area contributed by atoms with Crippen molar-refractivity contribution in [2.24, 2.45) is 0 Å². The van der Waals surface area contributed by atoms with Crippen LogP contribution in [0.15, 0.2) is 0 Å². The van der Waals surface area contributed by atoms with Crippen LogP contribution >= 0.6 is 0 Å². The Hall–Kier alpha value is -0.610. The van der Waals surface area contributed by atoms with Crippen molar-refractivity contribution in [1.82, 2.24) is 15.5 Å². The molecule has 1 rings (SSSR count). The highest BCUT2D eigenvalue weighted by Crippen LogP contribution is 2.20. The van der Waals surface area contributed by atoms with E-state index in [1.807, 2.05) is 20.9 Å². The molecular weight excluding hydrogens is 226 g/mol. The van der Waals surface area contributed by atoms with E-state index in [0.717, 1.165) is 25.9 Å². The van der Waals surface area contributed by atoms with Crippen molar-refractivity contribution < 1.29 is 4.79 Å². The zero-order chi connectivity index (χ0) is 14.0. The minimum absolute atomic E-state index is 0.0965. The van der Waals surface area contributed by atoms with Gasteiger partial charge in [-0.05, 0) is 54.5 Å². The molecule has 1 amide bonds. The third-order valence-electron chi connectivity index (χ3n) is 3.97. The van der Waals surface area contributed by atoms with Crippen LogP contribution in [0.4, 0.5) is 0 Å². The number of nitrogens with zero attached hydrogens (tertiary/aromatic N) is 1. The first-order chi connectivity index (χ1) is 8.16. The van der Waals surface area contributed by atoms with Gasteiger partial charge in [-0.25, -0.2) is 0 Å². The average molecular weight is 255 g/mol. The number of hydrogen-bond donors (Lipinski definition) is 2. The minimum atomic E-state index is -0.485. The van der Waals surface area contributed by atoms with Gasteiger partial charge in [0.15, 0.2) is 0 Å². The maximum atomic E-state index is 12.1. The van der Waals surface area contributed by atoms with E-state index in [9.17, 15) is 4.79 Å². The van der Waals surface area contributed by atoms with Gasteiger partial charge in [0.25, 0.3) is 0 Å². The van der Waals surface area contributed by atoms with E-state index in [4.69, 9.17) is 0 Å². The summed E-state index contributed by atoms with van der Waals surface area (Å²) in [6.07, 6.45) is 2.09. The van der Waals surface area contributed by atoms with Crippen molar-refractivity contribution in [3.63, 3.8) is 0 Å². The molecule has 0 aromatic heterocycles. The lowest BCUT2D eigenvalue weighted by molar-refractivity contribution is -0.127. The molecule has 106 valence electrons. The molecule has 1 aliphatic heterocycles. The van der Waals surface area contributed by atoms with Gasteiger partial charge in [-0.1, -0.05) is 0 Å². The third-order valence-corrected chi connectivity index (χ3v) is 3.97. The number of nitrogens with one attached hydrogen (secondary N) is 2. The van der Waals surface area contributed by atoms with Crippen LogP contribution in [-0.2, 0) is 4.79 Å². The first kappa shape index (κ1) is 15.4. The molecule has 4 nitrogen and oxygen atoms in total. The topological polar surface area (TPSA) is 44.4 Å². The molecular formula is C14H29N3O. The molecule has 18 heavy (non-hydrogen) atoms. The second kappa shape index (κ2) is 5.57. The molecule has 0 aromatic carbocycles. The second-order valence-corrected chi connectivity index (χ2v) is 6.78. The number of likely N-dealkylation sites (N-methyl/N-ethyl adjacent to an activating group) is 1. The number of carbonyl (C=O) groups is 1. The van der Waals surface area contributed by atoms with Gasteiger partial charge in [-0.15, -0.1) is 0 Å². The Kier molecular flexibility index (Phi) is 4.78. The second-order valence-electron chi connectivity index (χ2n) is 6.78. The Labute approximate surface area is 111 Å². The van der Waals surface area contributed by atoms with Crippen molar-refractivity contribution in [3.05, 3.63) is 0 Å². The standard InChI is InChI=1S/C14H29N3O/c1-13(2,3)17-9-7-11(8-10-17)16-12(18)14(4,5)15-6/h11,15H,7-10H2,1-6H3,(H,16,18). The number of piperidine rings is 1. The van der Waals surface area contributed by atoms with Gasteiger partial charge < -0.3 is 10.6 Å². The highest BCUT2D eigenvalue weighted by molar-refractivity contribution is 5.85. The largest absolute Gasteiger partial charge is 0.352 e. The van der Waals surface area contributed by atoms with E-state index in [1.54, 1.807) is 0 Å². The van der Waals surface area contributed by atoms with Gasteiger partial charge in [-0.2, -0.15) is 0 Å². The summed E-state index contributed by atoms with van der Waals surface area (Å²) in [6.45, 7) is 12.7. The number of hydrogen-bond acceptors (Lipinski definition) is 3. The van der Waals surface area contributed by atoms with Crippen molar-refractivity contribution in [3.8, 4) is 0 Å². The maximum absolute atomic E-state index is 12.1. The van der Waals surface area contributed by atoms with Gasteiger partial charge in [0.1, 0.15) is 0 Å². The molecule has 2 N–H and O–H groups in total. The zero-order valence-corrected chi connectivity index (χ0v) is 12.8. The van der Waals surface area contributed by atoms with Crippen LogP contribution in [-0.4, -0.2) is 48.1 Å². The first-order valence-electron chi connectivity index (χ1n) is 6.92. The fourth-order valence-corrected chi connectivity index (χ4v) is 2.17. The molecule has 0 aromatic rings. The Bertz CT molecular complexity index is 286. The smallest absolute Gasteiger partial charge is 0.239 e. The summed E-state index contributed by atoms with van der Waals surface area (Å²) in [7, 11) is 1.82. The molecule has 0 bridgehead atoms. The van der Waals surface area contributed by atoms with Crippen molar-refractivity contribution in [2.45, 2.75) is 64.6 Å². The maximum Gasteiger partial charge on any atom is 0.239 e. The normalized spacial score (nSPS) is 19.9. The Morgan fingerprint density at radius 2 is 1.61 bits per heavy atom. The number of carbonyl (C=O) groups excluding carboxylic acids is 1. The van der Waals surface area contributed by atoms with Gasteiger partial charge in [-0.3, -0.25) is 9.69 Å². The highest BCUT2D eigenvalue weighted by atomic mass is 16.2. The van der Waals surface area contributed by atoms with Crippen molar-refractivity contribution >= 4 is 5.91 Å². The molecule has 1 saturated heterocycles. The molecule has 1 aliphatic rings. The number of rotatable bonds is 3. The number of likely N-dealkylation sites (tertiary alicyclic amines) is 1. The SMILES string of the molecule is CNC(C)(C)C(=O)NC1CCN(C(C)(C)C)CC1. The van der Waals surface area contributed by atoms with E-state index >= 15 is 0 Å². The fourth-order valence-electron chi connectivity index (χ4n) is 2.17. The van der Waals surface area contributed by atoms with Crippen LogP contribution in [0, 0.1) is 0 Å². The van der Waals surface area contributed by atoms with Crippen LogP contribution in [0.25, 0.3) is 0 Å². The lowest BCUT2D eigenvalue weighted by atomic mass is 9.97. The molecule has 0 atom stereocenters. The molecule has 1 fully saturated rings. The third kappa shape index (κ3) is 3.95. The minimum Gasteiger partial charge on any atom is -0.352 e. The Morgan fingerprint density at radius 3 is 2.00 bits per heavy atom. The zero-order valence-electron chi connectivity index (χ0n) is 12.8. The molecule has 0 radical (unpaired) electrons. The predicted molar refractivity (Wildman–Crippen MR) is 75.6 cm³/mol. The summed E-state index contributed by atoms with van der Waals surface area (Å²) >= 11 is 0. The molecule has 0 spiro atoms. The quantitative estimate of drug-likeness (QED) is 0.800. The summed E-state index contributed by atoms with van der Waals surface area (Å²) in [5, 5.41) is 6.20. The summed E-state index contributed by atoms with van der Waals surface area (Å²) < 4.78 is 0. The molecule has 4 heteroatoms. The highest BCUT2D eigenvalue weighted by Gasteiger charge is 2.31. The molecule has 0 saturated carbocycles. The molecule has 1 heterocycles. The summed E-state index contributed by atoms with van der Waals surface area (Å²) in [6, 6.07) is 0.323.